The van der Waals surface area contributed by atoms with Gasteiger partial charge >= 0.3 is 16.1 Å². The fourth-order valence-electron chi connectivity index (χ4n) is 4.50. The first kappa shape index (κ1) is 29.3. The first-order valence-electron chi connectivity index (χ1n) is 12.8. The van der Waals surface area contributed by atoms with Crippen molar-refractivity contribution in [3.8, 4) is 11.5 Å². The highest BCUT2D eigenvalue weighted by atomic mass is 35.5. The molecular weight excluding hydrogens is 600 g/mol. The Morgan fingerprint density at radius 1 is 1.07 bits per heavy atom. The fraction of sp³-hybridized carbons (Fsp3) is 0.167. The highest BCUT2D eigenvalue weighted by Crippen LogP contribution is 2.32. The van der Waals surface area contributed by atoms with Gasteiger partial charge < -0.3 is 13.7 Å². The summed E-state index contributed by atoms with van der Waals surface area (Å²) in [6.07, 6.45) is 1.64. The van der Waals surface area contributed by atoms with E-state index in [4.69, 9.17) is 25.3 Å². The molecule has 1 unspecified atom stereocenters. The lowest BCUT2D eigenvalue weighted by atomic mass is 9.96. The van der Waals surface area contributed by atoms with E-state index >= 15 is 0 Å². The van der Waals surface area contributed by atoms with Crippen LogP contribution in [0.1, 0.15) is 31.0 Å². The third-order valence-electron chi connectivity index (χ3n) is 6.42. The van der Waals surface area contributed by atoms with Crippen molar-refractivity contribution >= 4 is 45.1 Å². The van der Waals surface area contributed by atoms with Gasteiger partial charge in [0.05, 0.1) is 35.6 Å². The molecule has 9 nitrogen and oxygen atoms in total. The van der Waals surface area contributed by atoms with Crippen LogP contribution in [0.15, 0.2) is 98.7 Å². The molecule has 2 heterocycles. The van der Waals surface area contributed by atoms with Crippen LogP contribution in [0, 0.1) is 0 Å². The van der Waals surface area contributed by atoms with Crippen LogP contribution in [0.3, 0.4) is 0 Å². The van der Waals surface area contributed by atoms with Crippen molar-refractivity contribution in [3.63, 3.8) is 0 Å². The molecule has 4 aromatic rings. The maximum atomic E-state index is 13.8. The second-order valence-electron chi connectivity index (χ2n) is 9.11. The summed E-state index contributed by atoms with van der Waals surface area (Å²) in [6, 6.07) is 18.5. The molecule has 0 saturated carbocycles. The molecule has 0 spiro atoms. The zero-order valence-corrected chi connectivity index (χ0v) is 25.1. The quantitative estimate of drug-likeness (QED) is 0.213. The van der Waals surface area contributed by atoms with Crippen LogP contribution >= 0.6 is 22.9 Å². The van der Waals surface area contributed by atoms with Crippen LogP contribution in [0.5, 0.6) is 11.5 Å². The largest absolute Gasteiger partial charge is 0.493 e. The van der Waals surface area contributed by atoms with Gasteiger partial charge in [-0.05, 0) is 67.4 Å². The minimum absolute atomic E-state index is 0.00240. The minimum Gasteiger partial charge on any atom is -0.493 e. The van der Waals surface area contributed by atoms with E-state index in [0.717, 1.165) is 11.3 Å². The van der Waals surface area contributed by atoms with Crippen molar-refractivity contribution in [3.05, 3.63) is 120 Å². The van der Waals surface area contributed by atoms with Crippen molar-refractivity contribution in [1.29, 1.82) is 0 Å². The Bertz CT molecular complexity index is 1980. The topological polar surface area (TPSA) is 113 Å². The number of halogens is 1. The lowest BCUT2D eigenvalue weighted by Crippen LogP contribution is -2.39. The average molecular weight is 625 g/mol. The Morgan fingerprint density at radius 2 is 1.79 bits per heavy atom. The summed E-state index contributed by atoms with van der Waals surface area (Å²) in [6.45, 7) is 3.59. The van der Waals surface area contributed by atoms with E-state index in [1.54, 1.807) is 74.5 Å². The Morgan fingerprint density at radius 3 is 2.45 bits per heavy atom. The zero-order chi connectivity index (χ0) is 30.0. The summed E-state index contributed by atoms with van der Waals surface area (Å²) in [5.41, 5.74) is 1.59. The van der Waals surface area contributed by atoms with E-state index in [0.29, 0.717) is 31.2 Å². The Labute approximate surface area is 250 Å². The SMILES string of the molecule is CCOC(=O)C1=C(C)N=c2sc(=Cc3ccc(OS(=O)(=O)c4ccccc4)c(OC)c3)c(=O)n2C1c1ccc(Cl)cc1. The molecule has 0 bridgehead atoms. The molecule has 1 aliphatic heterocycles. The number of carbonyl (C=O) groups is 1. The van der Waals surface area contributed by atoms with Gasteiger partial charge in [-0.25, -0.2) is 9.79 Å². The highest BCUT2D eigenvalue weighted by Gasteiger charge is 2.33. The van der Waals surface area contributed by atoms with Crippen LogP contribution in [0.25, 0.3) is 6.08 Å². The Hall–Kier alpha value is -4.19. The number of fused-ring (bicyclic) bond motifs is 1. The molecule has 1 aliphatic rings. The minimum atomic E-state index is -4.09. The van der Waals surface area contributed by atoms with E-state index in [2.05, 4.69) is 4.99 Å². The monoisotopic (exact) mass is 624 g/mol. The van der Waals surface area contributed by atoms with Gasteiger partial charge in [0.15, 0.2) is 16.3 Å². The number of esters is 1. The molecule has 0 saturated heterocycles. The lowest BCUT2D eigenvalue weighted by Gasteiger charge is -2.24. The number of thiazole rings is 1. The molecule has 0 amide bonds. The summed E-state index contributed by atoms with van der Waals surface area (Å²) in [5.74, 6) is -0.397. The van der Waals surface area contributed by atoms with Gasteiger partial charge in [0.1, 0.15) is 4.90 Å². The second kappa shape index (κ2) is 12.0. The first-order chi connectivity index (χ1) is 20.1. The zero-order valence-electron chi connectivity index (χ0n) is 22.7. The van der Waals surface area contributed by atoms with Crippen LogP contribution < -0.4 is 23.8 Å². The van der Waals surface area contributed by atoms with E-state index in [-0.39, 0.29) is 34.1 Å². The fourth-order valence-corrected chi connectivity index (χ4v) is 6.63. The van der Waals surface area contributed by atoms with Gasteiger partial charge in [-0.1, -0.05) is 59.3 Å². The van der Waals surface area contributed by atoms with Crippen molar-refractivity contribution in [1.82, 2.24) is 4.57 Å². The number of carbonyl (C=O) groups excluding carboxylic acids is 1. The van der Waals surface area contributed by atoms with Crippen molar-refractivity contribution < 1.29 is 26.9 Å². The van der Waals surface area contributed by atoms with Crippen molar-refractivity contribution in [2.45, 2.75) is 24.8 Å². The van der Waals surface area contributed by atoms with E-state index in [9.17, 15) is 18.0 Å². The van der Waals surface area contributed by atoms with Gasteiger partial charge in [0, 0.05) is 5.02 Å². The predicted molar refractivity (Wildman–Crippen MR) is 159 cm³/mol. The molecule has 0 radical (unpaired) electrons. The summed E-state index contributed by atoms with van der Waals surface area (Å²) in [7, 11) is -2.70. The van der Waals surface area contributed by atoms with Gasteiger partial charge in [0.25, 0.3) is 5.56 Å². The first-order valence-corrected chi connectivity index (χ1v) is 15.4. The summed E-state index contributed by atoms with van der Waals surface area (Å²) in [5, 5.41) is 0.516. The van der Waals surface area contributed by atoms with Crippen LogP contribution in [0.4, 0.5) is 0 Å². The van der Waals surface area contributed by atoms with Crippen LogP contribution in [-0.4, -0.2) is 32.7 Å². The molecule has 1 aromatic heterocycles. The maximum Gasteiger partial charge on any atom is 0.339 e. The predicted octanol–water partition coefficient (Wildman–Crippen LogP) is 4.23. The molecular formula is C30H25ClN2O7S2. The molecule has 1 atom stereocenters. The standard InChI is InChI=1S/C30H25ClN2O7S2/c1-4-39-29(35)26-18(2)32-30-33(27(26)20-11-13-21(31)14-12-20)28(34)25(41-30)17-19-10-15-23(24(16-19)38-3)40-42(36,37)22-8-6-5-7-9-22/h5-17,27H,4H2,1-3H3. The number of rotatable bonds is 8. The molecule has 3 aromatic carbocycles. The number of benzene rings is 3. The van der Waals surface area contributed by atoms with Crippen LogP contribution in [-0.2, 0) is 19.6 Å². The van der Waals surface area contributed by atoms with E-state index < -0.39 is 22.1 Å². The molecule has 5 rings (SSSR count). The second-order valence-corrected chi connectivity index (χ2v) is 12.1. The molecule has 12 heteroatoms. The van der Waals surface area contributed by atoms with Gasteiger partial charge in [-0.2, -0.15) is 8.42 Å². The van der Waals surface area contributed by atoms with E-state index in [1.807, 2.05) is 0 Å². The third-order valence-corrected chi connectivity index (χ3v) is 8.90. The number of methoxy groups -OCH3 is 1. The molecule has 0 fully saturated rings. The number of hydrogen-bond acceptors (Lipinski definition) is 9. The number of ether oxygens (including phenoxy) is 2. The number of hydrogen-bond donors (Lipinski definition) is 0. The maximum absolute atomic E-state index is 13.8. The van der Waals surface area contributed by atoms with Gasteiger partial charge in [-0.15, -0.1) is 0 Å². The van der Waals surface area contributed by atoms with Gasteiger partial charge in [0.2, 0.25) is 0 Å². The number of allylic oxidation sites excluding steroid dienone is 1. The molecule has 216 valence electrons. The summed E-state index contributed by atoms with van der Waals surface area (Å²) in [4.78, 5) is 31.8. The molecule has 42 heavy (non-hydrogen) atoms. The van der Waals surface area contributed by atoms with Crippen LogP contribution in [0.2, 0.25) is 5.02 Å². The molecule has 0 aliphatic carbocycles. The van der Waals surface area contributed by atoms with Gasteiger partial charge in [-0.3, -0.25) is 9.36 Å². The number of nitrogens with zero attached hydrogens (tertiary/aromatic N) is 2. The normalized spacial score (nSPS) is 15.1. The van der Waals surface area contributed by atoms with Crippen molar-refractivity contribution in [2.24, 2.45) is 4.99 Å². The van der Waals surface area contributed by atoms with Crippen molar-refractivity contribution in [2.75, 3.05) is 13.7 Å². The number of aromatic nitrogens is 1. The Balaban J connectivity index is 1.58. The van der Waals surface area contributed by atoms with E-state index in [1.165, 1.54) is 29.9 Å². The molecule has 0 N–H and O–H groups in total. The summed E-state index contributed by atoms with van der Waals surface area (Å²) < 4.78 is 43.3. The smallest absolute Gasteiger partial charge is 0.339 e. The average Bonchev–Trinajstić information content (AvgIpc) is 3.27. The summed E-state index contributed by atoms with van der Waals surface area (Å²) >= 11 is 7.27. The lowest BCUT2D eigenvalue weighted by molar-refractivity contribution is -0.139. The third kappa shape index (κ3) is 5.76. The highest BCUT2D eigenvalue weighted by molar-refractivity contribution is 7.87. The Kier molecular flexibility index (Phi) is 8.35.